The first-order valence-corrected chi connectivity index (χ1v) is 10.9. The molecule has 4 rings (SSSR count). The van der Waals surface area contributed by atoms with Crippen molar-refractivity contribution in [3.05, 3.63) is 81.9 Å². The lowest BCUT2D eigenvalue weighted by molar-refractivity contribution is 0.0988. The van der Waals surface area contributed by atoms with Crippen molar-refractivity contribution in [3.63, 3.8) is 0 Å². The van der Waals surface area contributed by atoms with Crippen LogP contribution in [0.5, 0.6) is 11.5 Å². The number of fused-ring (bicyclic) bond motifs is 1. The molecule has 0 aliphatic carbocycles. The lowest BCUT2D eigenvalue weighted by Crippen LogP contribution is -2.39. The second-order valence-corrected chi connectivity index (χ2v) is 8.14. The highest BCUT2D eigenvalue weighted by Gasteiger charge is 2.43. The Kier molecular flexibility index (Phi) is 5.51. The van der Waals surface area contributed by atoms with Crippen LogP contribution >= 0.6 is 11.6 Å². The predicted molar refractivity (Wildman–Crippen MR) is 126 cm³/mol. The van der Waals surface area contributed by atoms with E-state index in [1.54, 1.807) is 37.3 Å². The van der Waals surface area contributed by atoms with Crippen LogP contribution in [-0.2, 0) is 12.0 Å². The molecular weight excluding hydrogens is 464 g/mol. The molecule has 8 heteroatoms. The topological polar surface area (TPSA) is 81.8 Å². The van der Waals surface area contributed by atoms with Gasteiger partial charge in [0, 0.05) is 47.7 Å². The lowest BCUT2D eigenvalue weighted by Gasteiger charge is -2.27. The molecule has 1 atom stereocenters. The zero-order valence-electron chi connectivity index (χ0n) is 22.1. The van der Waals surface area contributed by atoms with Crippen LogP contribution in [0.4, 0.5) is 8.78 Å². The molecular formula is C26H24ClF2NO4. The maximum absolute atomic E-state index is 16.1. The monoisotopic (exact) mass is 491 g/mol. The van der Waals surface area contributed by atoms with Crippen LogP contribution in [0.25, 0.3) is 11.1 Å². The van der Waals surface area contributed by atoms with Crippen molar-refractivity contribution >= 4 is 17.4 Å². The van der Waals surface area contributed by atoms with Gasteiger partial charge < -0.3 is 20.3 Å². The van der Waals surface area contributed by atoms with Crippen LogP contribution in [0.3, 0.4) is 0 Å². The number of hydrogen-bond donors (Lipinski definition) is 2. The molecule has 0 spiro atoms. The van der Waals surface area contributed by atoms with Gasteiger partial charge in [-0.1, -0.05) is 48.9 Å². The minimum absolute atomic E-state index is 0.0253. The van der Waals surface area contributed by atoms with Crippen LogP contribution in [-0.4, -0.2) is 30.6 Å². The minimum atomic E-state index is -3.50. The maximum Gasteiger partial charge on any atom is 0.173 e. The highest BCUT2D eigenvalue weighted by atomic mass is 35.5. The molecule has 5 nitrogen and oxygen atoms in total. The molecule has 3 aromatic carbocycles. The molecule has 0 amide bonds. The molecule has 0 bridgehead atoms. The molecule has 1 aliphatic rings. The first-order valence-electron chi connectivity index (χ1n) is 12.5. The Balaban J connectivity index is 1.98. The van der Waals surface area contributed by atoms with Gasteiger partial charge in [0.25, 0.3) is 0 Å². The Hall–Kier alpha value is -3.00. The Morgan fingerprint density at radius 1 is 1.26 bits per heavy atom. The molecule has 0 saturated heterocycles. The number of nitrogens with two attached hydrogens (primary N) is 1. The van der Waals surface area contributed by atoms with Crippen molar-refractivity contribution in [1.82, 2.24) is 0 Å². The summed E-state index contributed by atoms with van der Waals surface area (Å²) < 4.78 is 72.2. The molecule has 0 aromatic heterocycles. The van der Waals surface area contributed by atoms with E-state index in [1.807, 2.05) is 0 Å². The molecule has 34 heavy (non-hydrogen) atoms. The molecule has 0 fully saturated rings. The van der Waals surface area contributed by atoms with E-state index in [0.717, 1.165) is 18.2 Å². The Labute approximate surface area is 206 Å². The van der Waals surface area contributed by atoms with E-state index in [9.17, 15) is 9.90 Å². The lowest BCUT2D eigenvalue weighted by atomic mass is 9.85. The number of rotatable bonds is 8. The third-order valence-corrected chi connectivity index (χ3v) is 6.24. The molecule has 0 radical (unpaired) electrons. The first-order chi connectivity index (χ1) is 17.8. The largest absolute Gasteiger partial charge is 0.488 e. The van der Waals surface area contributed by atoms with Crippen LogP contribution in [0.2, 0.25) is 5.02 Å². The van der Waals surface area contributed by atoms with E-state index in [2.05, 4.69) is 0 Å². The highest BCUT2D eigenvalue weighted by Crippen LogP contribution is 2.50. The predicted octanol–water partition coefficient (Wildman–Crippen LogP) is 5.04. The number of aliphatic hydroxyl groups is 1. The maximum atomic E-state index is 16.1. The third kappa shape index (κ3) is 4.04. The molecule has 3 N–H and O–H groups in total. The van der Waals surface area contributed by atoms with E-state index >= 15 is 8.78 Å². The quantitative estimate of drug-likeness (QED) is 0.431. The normalized spacial score (nSPS) is 19.4. The van der Waals surface area contributed by atoms with E-state index in [0.29, 0.717) is 5.56 Å². The van der Waals surface area contributed by atoms with Gasteiger partial charge in [-0.2, -0.15) is 0 Å². The Morgan fingerprint density at radius 3 is 2.65 bits per heavy atom. The summed E-state index contributed by atoms with van der Waals surface area (Å²) in [6.07, 6.45) is -0.00246. The second-order valence-electron chi connectivity index (χ2n) is 7.76. The number of carbonyl (C=O) groups is 1. The average Bonchev–Trinajstić information content (AvgIpc) is 3.25. The zero-order chi connectivity index (χ0) is 28.0. The smallest absolute Gasteiger partial charge is 0.173 e. The van der Waals surface area contributed by atoms with Crippen molar-refractivity contribution in [2.24, 2.45) is 5.73 Å². The Bertz CT molecular complexity index is 1400. The van der Waals surface area contributed by atoms with Gasteiger partial charge in [0.05, 0.1) is 17.1 Å². The molecule has 0 saturated carbocycles. The summed E-state index contributed by atoms with van der Waals surface area (Å²) in [5.41, 5.74) is 5.09. The molecule has 1 heterocycles. The highest BCUT2D eigenvalue weighted by molar-refractivity contribution is 6.34. The van der Waals surface area contributed by atoms with Gasteiger partial charge in [0.15, 0.2) is 23.0 Å². The SMILES string of the molecule is [2H]C([2H])(O)C([2H])([2H])Oc1ccc(C(=O)CC)c(-c2c(Cl)c(F)cc3c2C[C@@](CN)(c2ccccc2)O3)c1F. The zero-order valence-corrected chi connectivity index (χ0v) is 18.9. The van der Waals surface area contributed by atoms with Crippen LogP contribution in [0.1, 0.15) is 40.3 Å². The van der Waals surface area contributed by atoms with E-state index in [1.165, 1.54) is 0 Å². The standard InChI is InChI=1S/C26H24ClF2NO4/c1-2-19(32)16-8-9-20(33-11-10-31)25(29)23(16)22-17-13-26(14-30,15-6-4-3-5-7-15)34-21(17)12-18(28)24(22)27/h3-9,12,31H,2,10-11,13-14,30H2,1H3/t26-/m1/s1/i10D2,11D2. The fourth-order valence-electron chi connectivity index (χ4n) is 4.22. The van der Waals surface area contributed by atoms with Crippen LogP contribution in [0, 0.1) is 11.6 Å². The molecule has 0 unspecified atom stereocenters. The van der Waals surface area contributed by atoms with E-state index in [4.69, 9.17) is 32.3 Å². The number of ketones is 1. The van der Waals surface area contributed by atoms with Gasteiger partial charge in [0.2, 0.25) is 0 Å². The second kappa shape index (κ2) is 9.70. The summed E-state index contributed by atoms with van der Waals surface area (Å²) in [5.74, 6) is -3.55. The molecule has 3 aromatic rings. The summed E-state index contributed by atoms with van der Waals surface area (Å²) in [4.78, 5) is 12.8. The van der Waals surface area contributed by atoms with E-state index in [-0.39, 0.29) is 41.8 Å². The first kappa shape index (κ1) is 19.3. The fourth-order valence-corrected chi connectivity index (χ4v) is 4.48. The van der Waals surface area contributed by atoms with Gasteiger partial charge in [-0.05, 0) is 17.7 Å². The van der Waals surface area contributed by atoms with Gasteiger partial charge in [-0.3, -0.25) is 4.79 Å². The van der Waals surface area contributed by atoms with Crippen molar-refractivity contribution in [2.45, 2.75) is 25.4 Å². The van der Waals surface area contributed by atoms with E-state index < -0.39 is 52.5 Å². The van der Waals surface area contributed by atoms with Crippen molar-refractivity contribution in [3.8, 4) is 22.6 Å². The van der Waals surface area contributed by atoms with Crippen molar-refractivity contribution in [1.29, 1.82) is 0 Å². The summed E-state index contributed by atoms with van der Waals surface area (Å²) in [5, 5.41) is 9.02. The third-order valence-electron chi connectivity index (χ3n) is 5.87. The summed E-state index contributed by atoms with van der Waals surface area (Å²) >= 11 is 6.39. The average molecular weight is 492 g/mol. The van der Waals surface area contributed by atoms with Crippen LogP contribution < -0.4 is 15.2 Å². The van der Waals surface area contributed by atoms with Gasteiger partial charge in [-0.25, -0.2) is 8.78 Å². The minimum Gasteiger partial charge on any atom is -0.488 e. The fraction of sp³-hybridized carbons (Fsp3) is 0.269. The van der Waals surface area contributed by atoms with Gasteiger partial charge in [-0.15, -0.1) is 0 Å². The number of Topliss-reactive ketones (excluding diaryl/α,β-unsaturated/α-hetero) is 1. The number of halogens is 3. The Morgan fingerprint density at radius 2 is 2.00 bits per heavy atom. The number of carbonyl (C=O) groups excluding carboxylic acids is 1. The number of hydrogen-bond acceptors (Lipinski definition) is 5. The summed E-state index contributed by atoms with van der Waals surface area (Å²) in [6, 6.07) is 12.1. The van der Waals surface area contributed by atoms with Crippen molar-refractivity contribution in [2.75, 3.05) is 19.7 Å². The summed E-state index contributed by atoms with van der Waals surface area (Å²) in [6.45, 7) is -5.36. The summed E-state index contributed by atoms with van der Waals surface area (Å²) in [7, 11) is 0. The number of ether oxygens (including phenoxy) is 2. The molecule has 178 valence electrons. The van der Waals surface area contributed by atoms with Gasteiger partial charge >= 0.3 is 0 Å². The number of benzene rings is 3. The van der Waals surface area contributed by atoms with Crippen LogP contribution in [0.15, 0.2) is 48.5 Å². The van der Waals surface area contributed by atoms with Crippen molar-refractivity contribution < 1.29 is 33.6 Å². The molecule has 1 aliphatic heterocycles. The van der Waals surface area contributed by atoms with Gasteiger partial charge in [0.1, 0.15) is 18.1 Å².